The summed E-state index contributed by atoms with van der Waals surface area (Å²) < 4.78 is 16.8. The highest BCUT2D eigenvalue weighted by Crippen LogP contribution is 2.37. The van der Waals surface area contributed by atoms with Crippen molar-refractivity contribution >= 4 is 34.0 Å². The van der Waals surface area contributed by atoms with Crippen LogP contribution in [0.1, 0.15) is 43.7 Å². The van der Waals surface area contributed by atoms with Crippen LogP contribution in [0.3, 0.4) is 0 Å². The largest absolute Gasteiger partial charge is 0.493 e. The number of halogens is 1. The fourth-order valence-electron chi connectivity index (χ4n) is 3.45. The molecule has 1 saturated heterocycles. The number of amides is 1. The molecule has 0 bridgehead atoms. The number of hydrogen-bond donors (Lipinski definition) is 1. The zero-order valence-electron chi connectivity index (χ0n) is 17.9. The van der Waals surface area contributed by atoms with E-state index in [1.807, 2.05) is 19.2 Å². The number of carbonyl (C=O) groups excluding carboxylic acids is 1. The lowest BCUT2D eigenvalue weighted by Gasteiger charge is -2.34. The molecule has 7 nitrogen and oxygen atoms in total. The highest BCUT2D eigenvalue weighted by atomic mass is 35.5. The van der Waals surface area contributed by atoms with Crippen LogP contribution in [0, 0.1) is 0 Å². The molecule has 30 heavy (non-hydrogen) atoms. The maximum Gasteiger partial charge on any atom is 0.257 e. The lowest BCUT2D eigenvalue weighted by molar-refractivity contribution is -0.0707. The summed E-state index contributed by atoms with van der Waals surface area (Å²) in [4.78, 5) is 19.6. The maximum atomic E-state index is 12.7. The third kappa shape index (κ3) is 5.85. The molecule has 2 heterocycles. The zero-order valence-corrected chi connectivity index (χ0v) is 19.5. The summed E-state index contributed by atoms with van der Waals surface area (Å²) in [6, 6.07) is 3.19. The summed E-state index contributed by atoms with van der Waals surface area (Å²) in [6.45, 7) is 10.4. The van der Waals surface area contributed by atoms with Gasteiger partial charge in [-0.3, -0.25) is 15.0 Å². The number of methoxy groups -OCH3 is 1. The van der Waals surface area contributed by atoms with Crippen LogP contribution in [0.2, 0.25) is 5.02 Å². The Labute approximate surface area is 186 Å². The van der Waals surface area contributed by atoms with E-state index in [2.05, 4.69) is 29.0 Å². The molecule has 2 aromatic rings. The number of thiazole rings is 1. The van der Waals surface area contributed by atoms with Crippen LogP contribution in [0.5, 0.6) is 11.5 Å². The van der Waals surface area contributed by atoms with Gasteiger partial charge in [-0.25, -0.2) is 4.98 Å². The molecule has 1 aliphatic rings. The second-order valence-electron chi connectivity index (χ2n) is 7.71. The van der Waals surface area contributed by atoms with E-state index in [-0.39, 0.29) is 24.2 Å². The van der Waals surface area contributed by atoms with E-state index in [0.717, 1.165) is 25.3 Å². The van der Waals surface area contributed by atoms with Crippen molar-refractivity contribution in [3.63, 3.8) is 0 Å². The molecular formula is C21H28ClN3O4S. The molecule has 164 valence electrons. The summed E-state index contributed by atoms with van der Waals surface area (Å²) in [6.07, 6.45) is 0.338. The first kappa shape index (κ1) is 22.8. The van der Waals surface area contributed by atoms with Crippen molar-refractivity contribution < 1.29 is 19.0 Å². The van der Waals surface area contributed by atoms with E-state index in [0.29, 0.717) is 27.2 Å². The van der Waals surface area contributed by atoms with Crippen molar-refractivity contribution in [2.45, 2.75) is 52.6 Å². The van der Waals surface area contributed by atoms with Gasteiger partial charge in [-0.05, 0) is 39.8 Å². The SMILES string of the molecule is COc1cc(C(=O)Nc2nc(CN3C[C@H](C)O[C@@H](C)C3)cs2)cc(Cl)c1OC(C)C. The van der Waals surface area contributed by atoms with Gasteiger partial charge in [-0.2, -0.15) is 0 Å². The van der Waals surface area contributed by atoms with Crippen LogP contribution in [0.15, 0.2) is 17.5 Å². The molecule has 1 aliphatic heterocycles. The van der Waals surface area contributed by atoms with Gasteiger partial charge < -0.3 is 14.2 Å². The summed E-state index contributed by atoms with van der Waals surface area (Å²) in [7, 11) is 1.51. The predicted molar refractivity (Wildman–Crippen MR) is 119 cm³/mol. The minimum atomic E-state index is -0.305. The van der Waals surface area contributed by atoms with Gasteiger partial charge in [-0.1, -0.05) is 11.6 Å². The normalized spacial score (nSPS) is 19.7. The first-order valence-corrected chi connectivity index (χ1v) is 11.2. The molecule has 0 spiro atoms. The number of anilines is 1. The highest BCUT2D eigenvalue weighted by molar-refractivity contribution is 7.14. The van der Waals surface area contributed by atoms with Gasteiger partial charge in [0, 0.05) is 30.6 Å². The van der Waals surface area contributed by atoms with Crippen molar-refractivity contribution in [3.8, 4) is 11.5 Å². The van der Waals surface area contributed by atoms with E-state index in [4.69, 9.17) is 25.8 Å². The molecule has 2 atom stereocenters. The van der Waals surface area contributed by atoms with E-state index in [1.54, 1.807) is 12.1 Å². The number of hydrogen-bond acceptors (Lipinski definition) is 7. The Hall–Kier alpha value is -1.87. The smallest absolute Gasteiger partial charge is 0.257 e. The van der Waals surface area contributed by atoms with Gasteiger partial charge in [0.1, 0.15) is 0 Å². The van der Waals surface area contributed by atoms with E-state index >= 15 is 0 Å². The number of nitrogens with zero attached hydrogens (tertiary/aromatic N) is 2. The van der Waals surface area contributed by atoms with Gasteiger partial charge in [0.25, 0.3) is 5.91 Å². The van der Waals surface area contributed by atoms with Gasteiger partial charge in [-0.15, -0.1) is 11.3 Å². The number of carbonyl (C=O) groups is 1. The Morgan fingerprint density at radius 2 is 2.07 bits per heavy atom. The molecule has 1 aromatic carbocycles. The van der Waals surface area contributed by atoms with Crippen molar-refractivity contribution in [2.24, 2.45) is 0 Å². The summed E-state index contributed by atoms with van der Waals surface area (Å²) in [5, 5.41) is 5.67. The third-order valence-electron chi connectivity index (χ3n) is 4.50. The van der Waals surface area contributed by atoms with Crippen LogP contribution >= 0.6 is 22.9 Å². The molecule has 1 fully saturated rings. The molecule has 3 rings (SSSR count). The monoisotopic (exact) mass is 453 g/mol. The maximum absolute atomic E-state index is 12.7. The molecule has 0 unspecified atom stereocenters. The van der Waals surface area contributed by atoms with Crippen molar-refractivity contribution in [3.05, 3.63) is 33.8 Å². The Bertz CT molecular complexity index is 879. The molecule has 0 radical (unpaired) electrons. The highest BCUT2D eigenvalue weighted by Gasteiger charge is 2.23. The van der Waals surface area contributed by atoms with E-state index in [1.165, 1.54) is 18.4 Å². The molecule has 9 heteroatoms. The molecule has 0 saturated carbocycles. The third-order valence-corrected chi connectivity index (χ3v) is 5.59. The summed E-state index contributed by atoms with van der Waals surface area (Å²) in [5.74, 6) is 0.536. The average Bonchev–Trinajstić information content (AvgIpc) is 3.08. The second kappa shape index (κ2) is 9.96. The molecular weight excluding hydrogens is 426 g/mol. The fraction of sp³-hybridized carbons (Fsp3) is 0.524. The topological polar surface area (TPSA) is 72.9 Å². The van der Waals surface area contributed by atoms with Crippen LogP contribution in [0.4, 0.5) is 5.13 Å². The van der Waals surface area contributed by atoms with Crippen LogP contribution in [-0.4, -0.2) is 54.3 Å². The quantitative estimate of drug-likeness (QED) is 0.667. The van der Waals surface area contributed by atoms with Crippen LogP contribution in [-0.2, 0) is 11.3 Å². The fourth-order valence-corrected chi connectivity index (χ4v) is 4.40. The number of nitrogens with one attached hydrogen (secondary N) is 1. The molecule has 0 aliphatic carbocycles. The Balaban J connectivity index is 1.67. The number of rotatable bonds is 7. The summed E-state index contributed by atoms with van der Waals surface area (Å²) in [5.41, 5.74) is 1.30. The summed E-state index contributed by atoms with van der Waals surface area (Å²) >= 11 is 7.73. The Morgan fingerprint density at radius 1 is 1.37 bits per heavy atom. The Morgan fingerprint density at radius 3 is 2.70 bits per heavy atom. The number of morpholine rings is 1. The Kier molecular flexibility index (Phi) is 7.57. The van der Waals surface area contributed by atoms with Gasteiger partial charge in [0.15, 0.2) is 16.6 Å². The first-order chi connectivity index (χ1) is 14.2. The zero-order chi connectivity index (χ0) is 21.8. The van der Waals surface area contributed by atoms with Crippen molar-refractivity contribution in [1.29, 1.82) is 0 Å². The standard InChI is InChI=1S/C21H28ClN3O4S/c1-12(2)28-19-17(22)6-15(7-18(19)27-5)20(26)24-21-23-16(11-30-21)10-25-8-13(3)29-14(4)9-25/h6-7,11-14H,8-10H2,1-5H3,(H,23,24,26)/t13-,14-/m0/s1. The van der Waals surface area contributed by atoms with Crippen LogP contribution in [0.25, 0.3) is 0 Å². The van der Waals surface area contributed by atoms with Gasteiger partial charge >= 0.3 is 0 Å². The average molecular weight is 454 g/mol. The number of ether oxygens (including phenoxy) is 3. The van der Waals surface area contributed by atoms with Crippen LogP contribution < -0.4 is 14.8 Å². The minimum Gasteiger partial charge on any atom is -0.493 e. The van der Waals surface area contributed by atoms with Crippen molar-refractivity contribution in [2.75, 3.05) is 25.5 Å². The molecule has 1 N–H and O–H groups in total. The predicted octanol–water partition coefficient (Wildman–Crippen LogP) is 4.45. The molecule has 1 aromatic heterocycles. The number of aromatic nitrogens is 1. The van der Waals surface area contributed by atoms with E-state index < -0.39 is 0 Å². The first-order valence-electron chi connectivity index (χ1n) is 9.93. The van der Waals surface area contributed by atoms with Crippen molar-refractivity contribution in [1.82, 2.24) is 9.88 Å². The molecule has 1 amide bonds. The lowest BCUT2D eigenvalue weighted by atomic mass is 10.2. The van der Waals surface area contributed by atoms with Gasteiger partial charge in [0.2, 0.25) is 0 Å². The minimum absolute atomic E-state index is 0.0674. The second-order valence-corrected chi connectivity index (χ2v) is 8.97. The van der Waals surface area contributed by atoms with Gasteiger partial charge in [0.05, 0.1) is 36.1 Å². The number of benzene rings is 1. The van der Waals surface area contributed by atoms with E-state index in [9.17, 15) is 4.79 Å². The lowest BCUT2D eigenvalue weighted by Crippen LogP contribution is -2.44.